The van der Waals surface area contributed by atoms with Gasteiger partial charge in [-0.2, -0.15) is 0 Å². The van der Waals surface area contributed by atoms with Gasteiger partial charge in [-0.25, -0.2) is 4.79 Å². The van der Waals surface area contributed by atoms with Crippen LogP contribution in [-0.4, -0.2) is 25.0 Å². The monoisotopic (exact) mass is 304 g/mol. The minimum absolute atomic E-state index is 0.101. The highest BCUT2D eigenvalue weighted by molar-refractivity contribution is 5.87. The van der Waals surface area contributed by atoms with E-state index in [2.05, 4.69) is 5.32 Å². The van der Waals surface area contributed by atoms with Gasteiger partial charge in [0, 0.05) is 30.9 Å². The third-order valence-corrected chi connectivity index (χ3v) is 3.18. The van der Waals surface area contributed by atoms with Crippen molar-refractivity contribution in [1.29, 1.82) is 0 Å². The van der Waals surface area contributed by atoms with Crippen LogP contribution in [-0.2, 0) is 16.0 Å². The Morgan fingerprint density at radius 2 is 2.09 bits per heavy atom. The van der Waals surface area contributed by atoms with Crippen LogP contribution in [0.1, 0.15) is 12.5 Å². The van der Waals surface area contributed by atoms with E-state index in [0.29, 0.717) is 22.3 Å². The Labute approximate surface area is 126 Å². The van der Waals surface area contributed by atoms with Gasteiger partial charge in [0.05, 0.1) is 7.11 Å². The van der Waals surface area contributed by atoms with Crippen molar-refractivity contribution in [2.45, 2.75) is 19.4 Å². The molecule has 1 aromatic heterocycles. The molecule has 0 spiro atoms. The lowest BCUT2D eigenvalue weighted by Gasteiger charge is -2.15. The van der Waals surface area contributed by atoms with Gasteiger partial charge < -0.3 is 20.2 Å². The Kier molecular flexibility index (Phi) is 4.45. The quantitative estimate of drug-likeness (QED) is 0.773. The van der Waals surface area contributed by atoms with Crippen LogP contribution in [0.3, 0.4) is 0 Å². The van der Waals surface area contributed by atoms with Crippen molar-refractivity contribution in [3.8, 4) is 5.75 Å². The molecular weight excluding hydrogens is 288 g/mol. The zero-order valence-corrected chi connectivity index (χ0v) is 12.2. The number of hydrogen-bond acceptors (Lipinski definition) is 5. The molecule has 1 atom stereocenters. The zero-order valence-electron chi connectivity index (χ0n) is 12.2. The zero-order chi connectivity index (χ0) is 16.3. The van der Waals surface area contributed by atoms with E-state index in [-0.39, 0.29) is 12.3 Å². The van der Waals surface area contributed by atoms with Gasteiger partial charge >= 0.3 is 5.63 Å². The second kappa shape index (κ2) is 6.30. The summed E-state index contributed by atoms with van der Waals surface area (Å²) in [6.07, 6.45) is 0.101. The molecule has 0 bridgehead atoms. The van der Waals surface area contributed by atoms with Crippen molar-refractivity contribution < 1.29 is 18.7 Å². The lowest BCUT2D eigenvalue weighted by Crippen LogP contribution is -2.45. The number of ether oxygens (including phenoxy) is 1. The van der Waals surface area contributed by atoms with E-state index in [1.807, 2.05) is 0 Å². The molecule has 0 aliphatic carbocycles. The molecule has 7 heteroatoms. The normalized spacial score (nSPS) is 11.9. The maximum Gasteiger partial charge on any atom is 0.336 e. The van der Waals surface area contributed by atoms with Gasteiger partial charge in [-0.3, -0.25) is 9.59 Å². The van der Waals surface area contributed by atoms with Crippen LogP contribution in [0.25, 0.3) is 11.0 Å². The summed E-state index contributed by atoms with van der Waals surface area (Å²) < 4.78 is 10.2. The third-order valence-electron chi connectivity index (χ3n) is 3.18. The summed E-state index contributed by atoms with van der Waals surface area (Å²) in [6.45, 7) is 1.29. The Hall–Kier alpha value is -2.83. The molecule has 1 aromatic carbocycles. The van der Waals surface area contributed by atoms with E-state index < -0.39 is 17.6 Å². The number of benzene rings is 1. The van der Waals surface area contributed by atoms with Crippen molar-refractivity contribution in [2.24, 2.45) is 5.73 Å². The summed E-state index contributed by atoms with van der Waals surface area (Å²) in [7, 11) is 1.50. The molecule has 0 saturated heterocycles. The summed E-state index contributed by atoms with van der Waals surface area (Å²) in [4.78, 5) is 34.3. The molecule has 0 aliphatic heterocycles. The highest BCUT2D eigenvalue weighted by atomic mass is 16.5. The van der Waals surface area contributed by atoms with E-state index in [1.165, 1.54) is 20.1 Å². The number of carbonyl (C=O) groups excluding carboxylic acids is 2. The summed E-state index contributed by atoms with van der Waals surface area (Å²) in [5.74, 6) is -0.510. The number of fused-ring (bicyclic) bond motifs is 1. The molecule has 3 N–H and O–H groups in total. The SMILES string of the molecule is COc1ccc2c(C[C@@H](NC(C)=O)C(N)=O)cc(=O)oc2c1. The molecule has 0 fully saturated rings. The van der Waals surface area contributed by atoms with Crippen LogP contribution in [0, 0.1) is 0 Å². The van der Waals surface area contributed by atoms with Crippen LogP contribution in [0.2, 0.25) is 0 Å². The molecular formula is C15H16N2O5. The number of carbonyl (C=O) groups is 2. The molecule has 0 aliphatic rings. The smallest absolute Gasteiger partial charge is 0.336 e. The fraction of sp³-hybridized carbons (Fsp3) is 0.267. The summed E-state index contributed by atoms with van der Waals surface area (Å²) in [5.41, 5.74) is 5.63. The van der Waals surface area contributed by atoms with Crippen molar-refractivity contribution in [1.82, 2.24) is 5.32 Å². The van der Waals surface area contributed by atoms with Gasteiger partial charge in [0.1, 0.15) is 17.4 Å². The van der Waals surface area contributed by atoms with Crippen LogP contribution >= 0.6 is 0 Å². The van der Waals surface area contributed by atoms with Crippen molar-refractivity contribution >= 4 is 22.8 Å². The largest absolute Gasteiger partial charge is 0.497 e. The first kappa shape index (κ1) is 15.6. The lowest BCUT2D eigenvalue weighted by molar-refractivity contribution is -0.126. The highest BCUT2D eigenvalue weighted by Crippen LogP contribution is 2.23. The first-order valence-electron chi connectivity index (χ1n) is 6.58. The van der Waals surface area contributed by atoms with E-state index >= 15 is 0 Å². The average molecular weight is 304 g/mol. The topological polar surface area (TPSA) is 112 Å². The van der Waals surface area contributed by atoms with E-state index in [9.17, 15) is 14.4 Å². The number of primary amides is 1. The molecule has 0 unspecified atom stereocenters. The fourth-order valence-electron chi connectivity index (χ4n) is 2.19. The number of amides is 2. The second-order valence-electron chi connectivity index (χ2n) is 4.81. The first-order chi connectivity index (χ1) is 10.4. The predicted molar refractivity (Wildman–Crippen MR) is 79.5 cm³/mol. The van der Waals surface area contributed by atoms with Gasteiger partial charge in [-0.15, -0.1) is 0 Å². The van der Waals surface area contributed by atoms with Crippen molar-refractivity contribution in [3.05, 3.63) is 40.2 Å². The van der Waals surface area contributed by atoms with Crippen molar-refractivity contribution in [2.75, 3.05) is 7.11 Å². The number of methoxy groups -OCH3 is 1. The van der Waals surface area contributed by atoms with Gasteiger partial charge in [0.25, 0.3) is 0 Å². The maximum absolute atomic E-state index is 11.7. The molecule has 116 valence electrons. The Bertz CT molecular complexity index is 781. The highest BCUT2D eigenvalue weighted by Gasteiger charge is 2.19. The maximum atomic E-state index is 11.7. The van der Waals surface area contributed by atoms with E-state index in [0.717, 1.165) is 0 Å². The van der Waals surface area contributed by atoms with Gasteiger partial charge in [0.2, 0.25) is 11.8 Å². The third kappa shape index (κ3) is 3.43. The summed E-state index contributed by atoms with van der Waals surface area (Å²) in [5, 5.41) is 3.11. The molecule has 2 amide bonds. The van der Waals surface area contributed by atoms with Crippen LogP contribution in [0.15, 0.2) is 33.5 Å². The fourth-order valence-corrected chi connectivity index (χ4v) is 2.19. The minimum atomic E-state index is -0.899. The number of rotatable bonds is 5. The van der Waals surface area contributed by atoms with Gasteiger partial charge in [-0.05, 0) is 17.7 Å². The molecule has 7 nitrogen and oxygen atoms in total. The Balaban J connectivity index is 2.47. The Morgan fingerprint density at radius 3 is 2.68 bits per heavy atom. The molecule has 2 aromatic rings. The van der Waals surface area contributed by atoms with E-state index in [4.69, 9.17) is 14.9 Å². The number of nitrogens with two attached hydrogens (primary N) is 1. The molecule has 2 rings (SSSR count). The van der Waals surface area contributed by atoms with Crippen LogP contribution in [0.4, 0.5) is 0 Å². The van der Waals surface area contributed by atoms with Gasteiger partial charge in [-0.1, -0.05) is 0 Å². The predicted octanol–water partition coefficient (Wildman–Crippen LogP) is 0.334. The van der Waals surface area contributed by atoms with E-state index in [1.54, 1.807) is 18.2 Å². The summed E-state index contributed by atoms with van der Waals surface area (Å²) in [6, 6.07) is 5.40. The number of hydrogen-bond donors (Lipinski definition) is 2. The van der Waals surface area contributed by atoms with Crippen LogP contribution < -0.4 is 21.4 Å². The number of nitrogens with one attached hydrogen (secondary N) is 1. The molecule has 1 heterocycles. The molecule has 0 saturated carbocycles. The Morgan fingerprint density at radius 1 is 1.36 bits per heavy atom. The standard InChI is InChI=1S/C15H16N2O5/c1-8(18)17-12(15(16)20)5-9-6-14(19)22-13-7-10(21-2)3-4-11(9)13/h3-4,6-7,12H,5H2,1-2H3,(H2,16,20)(H,17,18)/t12-/m1/s1. The minimum Gasteiger partial charge on any atom is -0.497 e. The molecule has 22 heavy (non-hydrogen) atoms. The molecule has 0 radical (unpaired) electrons. The van der Waals surface area contributed by atoms with Crippen LogP contribution in [0.5, 0.6) is 5.75 Å². The average Bonchev–Trinajstić information content (AvgIpc) is 2.44. The van der Waals surface area contributed by atoms with Gasteiger partial charge in [0.15, 0.2) is 0 Å². The first-order valence-corrected chi connectivity index (χ1v) is 6.58. The second-order valence-corrected chi connectivity index (χ2v) is 4.81. The van der Waals surface area contributed by atoms with Crippen molar-refractivity contribution in [3.63, 3.8) is 0 Å². The summed E-state index contributed by atoms with van der Waals surface area (Å²) >= 11 is 0. The lowest BCUT2D eigenvalue weighted by atomic mass is 10.0.